The normalized spacial score (nSPS) is 48.5. The lowest BCUT2D eigenvalue weighted by molar-refractivity contribution is -0.216. The van der Waals surface area contributed by atoms with Gasteiger partial charge in [-0.1, -0.05) is 59.3 Å². The van der Waals surface area contributed by atoms with E-state index in [1.165, 1.54) is 5.57 Å². The predicted molar refractivity (Wildman–Crippen MR) is 128 cm³/mol. The Hall–Kier alpha value is -0.680. The van der Waals surface area contributed by atoms with E-state index in [0.717, 1.165) is 31.3 Å². The van der Waals surface area contributed by atoms with Gasteiger partial charge in [0, 0.05) is 11.8 Å². The molecule has 10 unspecified atom stereocenters. The molecular formula is C28H46O4. The van der Waals surface area contributed by atoms with Gasteiger partial charge in [0.15, 0.2) is 0 Å². The number of rotatable bonds is 4. The lowest BCUT2D eigenvalue weighted by atomic mass is 9.47. The minimum absolute atomic E-state index is 0.102. The zero-order chi connectivity index (χ0) is 23.6. The first-order valence-corrected chi connectivity index (χ1v) is 13.0. The van der Waals surface area contributed by atoms with Gasteiger partial charge in [0.25, 0.3) is 0 Å². The van der Waals surface area contributed by atoms with Crippen molar-refractivity contribution in [2.75, 3.05) is 0 Å². The second-order valence-electron chi connectivity index (χ2n) is 12.6. The Morgan fingerprint density at radius 2 is 1.62 bits per heavy atom. The van der Waals surface area contributed by atoms with E-state index in [1.807, 2.05) is 0 Å². The van der Waals surface area contributed by atoms with Crippen LogP contribution in [0.2, 0.25) is 0 Å². The van der Waals surface area contributed by atoms with Gasteiger partial charge in [0.1, 0.15) is 17.8 Å². The average molecular weight is 447 g/mol. The van der Waals surface area contributed by atoms with Crippen molar-refractivity contribution in [1.82, 2.24) is 0 Å². The van der Waals surface area contributed by atoms with Crippen LogP contribution in [-0.4, -0.2) is 44.3 Å². The van der Waals surface area contributed by atoms with Crippen molar-refractivity contribution < 1.29 is 20.4 Å². The summed E-state index contributed by atoms with van der Waals surface area (Å²) in [4.78, 5) is 0. The maximum atomic E-state index is 11.6. The summed E-state index contributed by atoms with van der Waals surface area (Å²) < 4.78 is 0. The number of hydrogen-bond acceptors (Lipinski definition) is 4. The van der Waals surface area contributed by atoms with E-state index in [0.29, 0.717) is 36.5 Å². The summed E-state index contributed by atoms with van der Waals surface area (Å²) in [6, 6.07) is 0. The molecule has 4 rings (SSSR count). The second-order valence-corrected chi connectivity index (χ2v) is 12.6. The zero-order valence-electron chi connectivity index (χ0n) is 21.0. The van der Waals surface area contributed by atoms with Crippen molar-refractivity contribution in [3.63, 3.8) is 0 Å². The van der Waals surface area contributed by atoms with Crippen molar-refractivity contribution in [2.24, 2.45) is 40.4 Å². The molecule has 0 bridgehead atoms. The molecule has 0 aromatic heterocycles. The maximum Gasteiger partial charge on any atom is 0.113 e. The van der Waals surface area contributed by atoms with Crippen LogP contribution in [0.1, 0.15) is 86.5 Å². The first-order chi connectivity index (χ1) is 14.9. The molecule has 0 aromatic carbocycles. The Morgan fingerprint density at radius 1 is 0.938 bits per heavy atom. The summed E-state index contributed by atoms with van der Waals surface area (Å²) in [5.41, 5.74) is 0.286. The monoisotopic (exact) mass is 446 g/mol. The lowest BCUT2D eigenvalue weighted by Gasteiger charge is -2.61. The van der Waals surface area contributed by atoms with Crippen molar-refractivity contribution in [3.05, 3.63) is 23.3 Å². The van der Waals surface area contributed by atoms with Crippen LogP contribution in [-0.2, 0) is 0 Å². The first kappa shape index (κ1) is 24.4. The third-order valence-electron chi connectivity index (χ3n) is 10.7. The highest BCUT2D eigenvalue weighted by atomic mass is 16.4. The van der Waals surface area contributed by atoms with E-state index in [-0.39, 0.29) is 17.8 Å². The predicted octanol–water partition coefficient (Wildman–Crippen LogP) is 4.61. The summed E-state index contributed by atoms with van der Waals surface area (Å²) >= 11 is 0. The van der Waals surface area contributed by atoms with Crippen molar-refractivity contribution in [1.29, 1.82) is 0 Å². The summed E-state index contributed by atoms with van der Waals surface area (Å²) in [6.45, 7) is 13.6. The van der Waals surface area contributed by atoms with Crippen LogP contribution in [0.4, 0.5) is 0 Å². The molecule has 2 fully saturated rings. The molecule has 182 valence electrons. The minimum atomic E-state index is -1.46. The molecule has 4 nitrogen and oxygen atoms in total. The Balaban J connectivity index is 1.68. The van der Waals surface area contributed by atoms with Crippen LogP contribution < -0.4 is 0 Å². The van der Waals surface area contributed by atoms with Gasteiger partial charge < -0.3 is 20.4 Å². The van der Waals surface area contributed by atoms with Crippen LogP contribution in [0, 0.1) is 40.4 Å². The number of fused-ring (bicyclic) bond motifs is 4. The van der Waals surface area contributed by atoms with E-state index in [2.05, 4.69) is 53.7 Å². The highest BCUT2D eigenvalue weighted by Crippen LogP contribution is 2.66. The third-order valence-corrected chi connectivity index (χ3v) is 10.7. The fraction of sp³-hybridized carbons (Fsp3) is 0.857. The summed E-state index contributed by atoms with van der Waals surface area (Å²) in [5, 5.41) is 44.4. The number of aliphatic hydroxyl groups is 4. The van der Waals surface area contributed by atoms with Crippen molar-refractivity contribution in [3.8, 4) is 0 Å². The molecule has 4 N–H and O–H groups in total. The van der Waals surface area contributed by atoms with E-state index in [1.54, 1.807) is 0 Å². The van der Waals surface area contributed by atoms with Crippen molar-refractivity contribution >= 4 is 0 Å². The maximum absolute atomic E-state index is 11.6. The second kappa shape index (κ2) is 8.22. The smallest absolute Gasteiger partial charge is 0.113 e. The van der Waals surface area contributed by atoms with Crippen molar-refractivity contribution in [2.45, 2.75) is 110 Å². The minimum Gasteiger partial charge on any atom is -0.393 e. The van der Waals surface area contributed by atoms with Gasteiger partial charge in [0.05, 0.1) is 6.10 Å². The molecule has 0 amide bonds. The van der Waals surface area contributed by atoms with Gasteiger partial charge in [-0.2, -0.15) is 0 Å². The molecule has 10 atom stereocenters. The van der Waals surface area contributed by atoms with E-state index in [9.17, 15) is 20.4 Å². The van der Waals surface area contributed by atoms with Crippen LogP contribution in [0.15, 0.2) is 23.3 Å². The van der Waals surface area contributed by atoms with E-state index in [4.69, 9.17) is 0 Å². The molecule has 0 spiro atoms. The Bertz CT molecular complexity index is 786. The van der Waals surface area contributed by atoms with E-state index >= 15 is 0 Å². The number of allylic oxidation sites excluding steroid dienone is 2. The number of hydrogen-bond donors (Lipinski definition) is 4. The van der Waals surface area contributed by atoms with E-state index < -0.39 is 29.3 Å². The molecule has 4 heteroatoms. The fourth-order valence-electron chi connectivity index (χ4n) is 8.08. The molecule has 0 aromatic rings. The Labute approximate surface area is 194 Å². The number of aliphatic hydroxyl groups excluding tert-OH is 3. The SMILES string of the molecule is CC(C)C(C)/C=C/C(C)C1CCC2C3=C(CCC21C)C1(C)CCC(O)CC1(O)C(O)C3O. The van der Waals surface area contributed by atoms with Gasteiger partial charge in [-0.3, -0.25) is 0 Å². The van der Waals surface area contributed by atoms with Crippen LogP contribution >= 0.6 is 0 Å². The Kier molecular flexibility index (Phi) is 6.28. The quantitative estimate of drug-likeness (QED) is 0.475. The summed E-state index contributed by atoms with van der Waals surface area (Å²) in [6.07, 6.45) is 7.45. The molecule has 4 aliphatic carbocycles. The lowest BCUT2D eigenvalue weighted by Crippen LogP contribution is -2.67. The standard InChI is InChI=1S/C28H46O4/c1-16(2)17(3)7-8-18(4)20-9-10-21-23-22(12-13-26(20,21)5)27(6)14-11-19(29)15-28(27,32)25(31)24(23)30/h7-8,16-21,24-25,29-32H,9-15H2,1-6H3/b8-7+. The van der Waals surface area contributed by atoms with Gasteiger partial charge >= 0.3 is 0 Å². The molecule has 0 radical (unpaired) electrons. The first-order valence-electron chi connectivity index (χ1n) is 13.0. The van der Waals surface area contributed by atoms with Crippen LogP contribution in [0.3, 0.4) is 0 Å². The largest absolute Gasteiger partial charge is 0.393 e. The van der Waals surface area contributed by atoms with Gasteiger partial charge in [-0.05, 0) is 79.1 Å². The topological polar surface area (TPSA) is 80.9 Å². The highest BCUT2D eigenvalue weighted by Gasteiger charge is 2.65. The molecule has 4 aliphatic rings. The molecule has 32 heavy (non-hydrogen) atoms. The summed E-state index contributed by atoms with van der Waals surface area (Å²) in [5.74, 6) is 2.50. The molecule has 0 aliphatic heterocycles. The molecule has 0 saturated heterocycles. The van der Waals surface area contributed by atoms with Crippen LogP contribution in [0.25, 0.3) is 0 Å². The third kappa shape index (κ3) is 3.39. The van der Waals surface area contributed by atoms with Crippen LogP contribution in [0.5, 0.6) is 0 Å². The highest BCUT2D eigenvalue weighted by molar-refractivity contribution is 5.41. The van der Waals surface area contributed by atoms with Gasteiger partial charge in [-0.15, -0.1) is 0 Å². The average Bonchev–Trinajstić information content (AvgIpc) is 3.09. The van der Waals surface area contributed by atoms with Gasteiger partial charge in [0.2, 0.25) is 0 Å². The molecule has 2 saturated carbocycles. The molecule has 0 heterocycles. The van der Waals surface area contributed by atoms with Gasteiger partial charge in [-0.25, -0.2) is 0 Å². The molecular weight excluding hydrogens is 400 g/mol. The summed E-state index contributed by atoms with van der Waals surface area (Å²) in [7, 11) is 0. The fourth-order valence-corrected chi connectivity index (χ4v) is 8.08. The zero-order valence-corrected chi connectivity index (χ0v) is 21.0. The Morgan fingerprint density at radius 3 is 2.28 bits per heavy atom.